The summed E-state index contributed by atoms with van der Waals surface area (Å²) in [5.41, 5.74) is 3.69. The Morgan fingerprint density at radius 2 is 2.00 bits per heavy atom. The Balaban J connectivity index is 2.16. The number of rotatable bonds is 5. The molecule has 2 heterocycles. The van der Waals surface area contributed by atoms with Crippen molar-refractivity contribution in [2.24, 2.45) is 0 Å². The maximum atomic E-state index is 11.5. The number of benzene rings is 1. The molecule has 0 saturated heterocycles. The van der Waals surface area contributed by atoms with Crippen molar-refractivity contribution >= 4 is 32.3 Å². The SMILES string of the molecule is CC(C)c1csc(-c2c(CNS(C)(=O)=O)cnc3ccccc23)n1. The average Bonchev–Trinajstić information content (AvgIpc) is 3.01. The number of aromatic nitrogens is 2. The van der Waals surface area contributed by atoms with E-state index in [4.69, 9.17) is 4.98 Å². The lowest BCUT2D eigenvalue weighted by molar-refractivity contribution is 0.587. The molecule has 0 aliphatic rings. The highest BCUT2D eigenvalue weighted by atomic mass is 32.2. The first-order valence-electron chi connectivity index (χ1n) is 7.62. The van der Waals surface area contributed by atoms with E-state index in [2.05, 4.69) is 28.9 Å². The minimum Gasteiger partial charge on any atom is -0.256 e. The van der Waals surface area contributed by atoms with Crippen LogP contribution in [0, 0.1) is 0 Å². The van der Waals surface area contributed by atoms with E-state index >= 15 is 0 Å². The van der Waals surface area contributed by atoms with Gasteiger partial charge in [0.1, 0.15) is 5.01 Å². The summed E-state index contributed by atoms with van der Waals surface area (Å²) in [4.78, 5) is 9.20. The van der Waals surface area contributed by atoms with Gasteiger partial charge in [0.25, 0.3) is 0 Å². The molecule has 0 spiro atoms. The molecule has 126 valence electrons. The zero-order valence-corrected chi connectivity index (χ0v) is 15.4. The minimum absolute atomic E-state index is 0.197. The first-order chi connectivity index (χ1) is 11.3. The number of hydrogen-bond acceptors (Lipinski definition) is 5. The van der Waals surface area contributed by atoms with E-state index in [1.165, 1.54) is 0 Å². The van der Waals surface area contributed by atoms with Crippen molar-refractivity contribution in [2.45, 2.75) is 26.3 Å². The lowest BCUT2D eigenvalue weighted by Crippen LogP contribution is -2.21. The van der Waals surface area contributed by atoms with Crippen molar-refractivity contribution in [3.8, 4) is 10.6 Å². The van der Waals surface area contributed by atoms with Gasteiger partial charge in [-0.25, -0.2) is 18.1 Å². The summed E-state index contributed by atoms with van der Waals surface area (Å²) in [5.74, 6) is 0.348. The Morgan fingerprint density at radius 3 is 2.67 bits per heavy atom. The molecule has 24 heavy (non-hydrogen) atoms. The van der Waals surface area contributed by atoms with E-state index in [0.29, 0.717) is 5.92 Å². The van der Waals surface area contributed by atoms with E-state index in [9.17, 15) is 8.42 Å². The third-order valence-electron chi connectivity index (χ3n) is 3.71. The number of nitrogens with zero attached hydrogens (tertiary/aromatic N) is 2. The Morgan fingerprint density at radius 1 is 1.25 bits per heavy atom. The summed E-state index contributed by atoms with van der Waals surface area (Å²) in [5, 5.41) is 3.93. The van der Waals surface area contributed by atoms with Gasteiger partial charge in [-0.3, -0.25) is 4.98 Å². The Bertz CT molecular complexity index is 978. The van der Waals surface area contributed by atoms with Crippen molar-refractivity contribution in [1.82, 2.24) is 14.7 Å². The fourth-order valence-corrected chi connectivity index (χ4v) is 3.94. The molecule has 0 aliphatic heterocycles. The molecule has 1 aromatic carbocycles. The number of thiazole rings is 1. The molecule has 7 heteroatoms. The molecule has 3 rings (SSSR count). The molecule has 0 radical (unpaired) electrons. The number of nitrogens with one attached hydrogen (secondary N) is 1. The third-order valence-corrected chi connectivity index (χ3v) is 5.25. The summed E-state index contributed by atoms with van der Waals surface area (Å²) in [6, 6.07) is 7.84. The first-order valence-corrected chi connectivity index (χ1v) is 10.4. The largest absolute Gasteiger partial charge is 0.256 e. The highest BCUT2D eigenvalue weighted by molar-refractivity contribution is 7.88. The normalized spacial score (nSPS) is 12.2. The maximum absolute atomic E-state index is 11.5. The molecular formula is C17H19N3O2S2. The van der Waals surface area contributed by atoms with Gasteiger partial charge in [0, 0.05) is 29.1 Å². The van der Waals surface area contributed by atoms with Gasteiger partial charge < -0.3 is 0 Å². The van der Waals surface area contributed by atoms with E-state index in [1.54, 1.807) is 17.5 Å². The molecule has 3 aromatic rings. The number of hydrogen-bond donors (Lipinski definition) is 1. The average molecular weight is 361 g/mol. The van der Waals surface area contributed by atoms with E-state index in [0.717, 1.165) is 39.0 Å². The molecule has 1 N–H and O–H groups in total. The molecule has 0 bridgehead atoms. The third kappa shape index (κ3) is 3.63. The molecule has 0 amide bonds. The Kier molecular flexibility index (Phi) is 4.67. The predicted octanol–water partition coefficient (Wildman–Crippen LogP) is 3.53. The molecule has 0 saturated carbocycles. The van der Waals surface area contributed by atoms with Gasteiger partial charge in [0.15, 0.2) is 0 Å². The van der Waals surface area contributed by atoms with Crippen LogP contribution in [0.15, 0.2) is 35.8 Å². The van der Waals surface area contributed by atoms with Gasteiger partial charge in [-0.15, -0.1) is 11.3 Å². The second-order valence-corrected chi connectivity index (χ2v) is 8.69. The number of para-hydroxylation sites is 1. The smallest absolute Gasteiger partial charge is 0.209 e. The van der Waals surface area contributed by atoms with Gasteiger partial charge in [0.05, 0.1) is 17.5 Å². The standard InChI is InChI=1S/C17H19N3O2S2/c1-11(2)15-10-23-17(20-15)16-12(9-19-24(3,21)22)8-18-14-7-5-4-6-13(14)16/h4-8,10-11,19H,9H2,1-3H3. The summed E-state index contributed by atoms with van der Waals surface area (Å²) < 4.78 is 25.5. The molecular weight excluding hydrogens is 342 g/mol. The number of pyridine rings is 1. The predicted molar refractivity (Wildman–Crippen MR) is 98.6 cm³/mol. The summed E-state index contributed by atoms with van der Waals surface area (Å²) in [7, 11) is -3.28. The molecule has 0 unspecified atom stereocenters. The topological polar surface area (TPSA) is 72.0 Å². The summed E-state index contributed by atoms with van der Waals surface area (Å²) in [6.45, 7) is 4.41. The van der Waals surface area contributed by atoms with Gasteiger partial charge in [-0.2, -0.15) is 0 Å². The second kappa shape index (κ2) is 6.58. The van der Waals surface area contributed by atoms with Crippen LogP contribution in [0.3, 0.4) is 0 Å². The Labute approximate surface area is 145 Å². The van der Waals surface area contributed by atoms with Crippen LogP contribution >= 0.6 is 11.3 Å². The molecule has 0 fully saturated rings. The zero-order chi connectivity index (χ0) is 17.3. The lowest BCUT2D eigenvalue weighted by atomic mass is 10.0. The van der Waals surface area contributed by atoms with Gasteiger partial charge in [-0.05, 0) is 17.5 Å². The van der Waals surface area contributed by atoms with Crippen molar-refractivity contribution < 1.29 is 8.42 Å². The van der Waals surface area contributed by atoms with Crippen molar-refractivity contribution in [3.63, 3.8) is 0 Å². The van der Waals surface area contributed by atoms with Crippen molar-refractivity contribution in [3.05, 3.63) is 47.1 Å². The van der Waals surface area contributed by atoms with Crippen LogP contribution in [0.1, 0.15) is 31.0 Å². The Hall–Kier alpha value is -1.83. The van der Waals surface area contributed by atoms with Gasteiger partial charge >= 0.3 is 0 Å². The van der Waals surface area contributed by atoms with Crippen LogP contribution in [0.4, 0.5) is 0 Å². The highest BCUT2D eigenvalue weighted by Gasteiger charge is 2.16. The van der Waals surface area contributed by atoms with E-state index < -0.39 is 10.0 Å². The highest BCUT2D eigenvalue weighted by Crippen LogP contribution is 2.34. The monoisotopic (exact) mass is 361 g/mol. The van der Waals surface area contributed by atoms with Crippen LogP contribution in [0.5, 0.6) is 0 Å². The molecule has 5 nitrogen and oxygen atoms in total. The molecule has 0 aliphatic carbocycles. The molecule has 2 aromatic heterocycles. The second-order valence-electron chi connectivity index (χ2n) is 6.00. The van der Waals surface area contributed by atoms with Gasteiger partial charge in [0.2, 0.25) is 10.0 Å². The fraction of sp³-hybridized carbons (Fsp3) is 0.294. The maximum Gasteiger partial charge on any atom is 0.209 e. The van der Waals surface area contributed by atoms with Crippen molar-refractivity contribution in [2.75, 3.05) is 6.26 Å². The van der Waals surface area contributed by atoms with Crippen LogP contribution in [-0.4, -0.2) is 24.6 Å². The van der Waals surface area contributed by atoms with Crippen LogP contribution in [-0.2, 0) is 16.6 Å². The fourth-order valence-electron chi connectivity index (χ4n) is 2.44. The quantitative estimate of drug-likeness (QED) is 0.754. The van der Waals surface area contributed by atoms with Crippen LogP contribution < -0.4 is 4.72 Å². The van der Waals surface area contributed by atoms with Crippen LogP contribution in [0.25, 0.3) is 21.5 Å². The van der Waals surface area contributed by atoms with Crippen LogP contribution in [0.2, 0.25) is 0 Å². The zero-order valence-electron chi connectivity index (χ0n) is 13.8. The van der Waals surface area contributed by atoms with E-state index in [-0.39, 0.29) is 6.54 Å². The summed E-state index contributed by atoms with van der Waals surface area (Å²) in [6.07, 6.45) is 2.88. The lowest BCUT2D eigenvalue weighted by Gasteiger charge is -2.11. The first kappa shape index (κ1) is 17.0. The van der Waals surface area contributed by atoms with Gasteiger partial charge in [-0.1, -0.05) is 32.0 Å². The van der Waals surface area contributed by atoms with Crippen molar-refractivity contribution in [1.29, 1.82) is 0 Å². The van der Waals surface area contributed by atoms with E-state index in [1.807, 2.05) is 24.3 Å². The molecule has 0 atom stereocenters. The number of sulfonamides is 1. The minimum atomic E-state index is -3.28. The number of fused-ring (bicyclic) bond motifs is 1. The summed E-state index contributed by atoms with van der Waals surface area (Å²) >= 11 is 1.58.